The summed E-state index contributed by atoms with van der Waals surface area (Å²) in [6, 6.07) is 2.20. The summed E-state index contributed by atoms with van der Waals surface area (Å²) >= 11 is 0. The topological polar surface area (TPSA) is 426 Å². The molecule has 0 spiro atoms. The van der Waals surface area contributed by atoms with Gasteiger partial charge in [0.05, 0.1) is 76.4 Å². The van der Waals surface area contributed by atoms with E-state index in [-0.39, 0.29) is 38.9 Å². The van der Waals surface area contributed by atoms with E-state index < -0.39 is 111 Å². The Bertz CT molecular complexity index is 1990. The van der Waals surface area contributed by atoms with Crippen LogP contribution in [0.4, 0.5) is 0 Å². The Hall–Kier alpha value is -8.04. The lowest BCUT2D eigenvalue weighted by molar-refractivity contribution is -0.128. The number of carbonyl (C=O) groups excluding carboxylic acids is 9. The molecular formula is C39H54N18O9. The first-order valence-electron chi connectivity index (χ1n) is 20.4. The van der Waals surface area contributed by atoms with Crippen LogP contribution in [-0.2, 0) is 82.0 Å². The predicted molar refractivity (Wildman–Crippen MR) is 231 cm³/mol. The molecule has 66 heavy (non-hydrogen) atoms. The number of rotatable bonds is 27. The normalized spacial score (nSPS) is 12.0. The Morgan fingerprint density at radius 1 is 0.394 bits per heavy atom. The summed E-state index contributed by atoms with van der Waals surface area (Å²) in [5.74, 6) is -5.35. The Morgan fingerprint density at radius 3 is 0.879 bits per heavy atom. The third kappa shape index (κ3) is 19.1. The fourth-order valence-corrected chi connectivity index (χ4v) is 5.73. The number of aromatic nitrogens is 6. The van der Waals surface area contributed by atoms with Crippen LogP contribution in [0.1, 0.15) is 33.8 Å². The molecule has 354 valence electrons. The zero-order valence-electron chi connectivity index (χ0n) is 35.7. The van der Waals surface area contributed by atoms with Crippen LogP contribution in [0.3, 0.4) is 0 Å². The fourth-order valence-electron chi connectivity index (χ4n) is 5.73. The van der Waals surface area contributed by atoms with Gasteiger partial charge in [-0.15, -0.1) is 0 Å². The molecule has 0 saturated heterocycles. The quantitative estimate of drug-likeness (QED) is 0.0264. The van der Waals surface area contributed by atoms with Crippen LogP contribution >= 0.6 is 0 Å². The number of aromatic amines is 3. The monoisotopic (exact) mass is 918 g/mol. The lowest BCUT2D eigenvalue weighted by atomic mass is 10.0. The number of H-pyrrole nitrogens is 3. The molecule has 1 aromatic carbocycles. The van der Waals surface area contributed by atoms with Crippen molar-refractivity contribution in [3.8, 4) is 0 Å². The van der Waals surface area contributed by atoms with Crippen molar-refractivity contribution in [2.75, 3.05) is 39.3 Å². The summed E-state index contributed by atoms with van der Waals surface area (Å²) in [6.45, 7) is -2.66. The smallest absolute Gasteiger partial charge is 0.239 e. The number of hydrogen-bond acceptors (Lipinski definition) is 15. The van der Waals surface area contributed by atoms with Crippen molar-refractivity contribution in [2.24, 2.45) is 17.2 Å². The van der Waals surface area contributed by atoms with Crippen molar-refractivity contribution in [1.29, 1.82) is 0 Å². The maximum absolute atomic E-state index is 12.7. The van der Waals surface area contributed by atoms with E-state index in [0.29, 0.717) is 33.8 Å². The largest absolute Gasteiger partial charge is 0.350 e. The number of benzene rings is 1. The predicted octanol–water partition coefficient (Wildman–Crippen LogP) is -6.89. The maximum Gasteiger partial charge on any atom is 0.239 e. The number of nitrogens with two attached hydrogens (primary N) is 3. The molecule has 9 amide bonds. The summed E-state index contributed by atoms with van der Waals surface area (Å²) in [5.41, 5.74) is 21.1. The minimum absolute atomic E-state index is 0.0444. The van der Waals surface area contributed by atoms with Crippen LogP contribution < -0.4 is 65.1 Å². The molecule has 3 aromatic heterocycles. The van der Waals surface area contributed by atoms with Gasteiger partial charge in [0.1, 0.15) is 0 Å². The highest BCUT2D eigenvalue weighted by molar-refractivity contribution is 5.91. The third-order valence-electron chi connectivity index (χ3n) is 9.18. The molecule has 27 heteroatoms. The summed E-state index contributed by atoms with van der Waals surface area (Å²) in [4.78, 5) is 132. The second-order valence-corrected chi connectivity index (χ2v) is 14.6. The molecular weight excluding hydrogens is 865 g/mol. The van der Waals surface area contributed by atoms with Gasteiger partial charge in [-0.25, -0.2) is 15.0 Å². The molecule has 18 N–H and O–H groups in total. The number of hydrogen-bond donors (Lipinski definition) is 15. The van der Waals surface area contributed by atoms with Gasteiger partial charge in [0.15, 0.2) is 0 Å². The highest BCUT2D eigenvalue weighted by Crippen LogP contribution is 2.11. The number of amides is 9. The van der Waals surface area contributed by atoms with Gasteiger partial charge in [-0.2, -0.15) is 0 Å². The van der Waals surface area contributed by atoms with Gasteiger partial charge in [-0.3, -0.25) is 43.2 Å². The Labute approximate surface area is 376 Å². The molecule has 0 fully saturated rings. The summed E-state index contributed by atoms with van der Waals surface area (Å²) in [7, 11) is 0. The van der Waals surface area contributed by atoms with Gasteiger partial charge >= 0.3 is 0 Å². The van der Waals surface area contributed by atoms with E-state index in [1.165, 1.54) is 37.6 Å². The Kier molecular flexibility index (Phi) is 20.4. The second kappa shape index (κ2) is 26.6. The number of carbonyl (C=O) groups is 9. The van der Waals surface area contributed by atoms with Crippen LogP contribution in [0.25, 0.3) is 0 Å². The Morgan fingerprint density at radius 2 is 0.636 bits per heavy atom. The van der Waals surface area contributed by atoms with Crippen LogP contribution in [0, 0.1) is 0 Å². The van der Waals surface area contributed by atoms with Crippen molar-refractivity contribution in [3.05, 3.63) is 89.5 Å². The first-order valence-corrected chi connectivity index (χ1v) is 20.4. The first-order chi connectivity index (χ1) is 31.6. The van der Waals surface area contributed by atoms with Gasteiger partial charge in [0, 0.05) is 74.6 Å². The van der Waals surface area contributed by atoms with E-state index in [1.807, 2.05) is 0 Å². The molecule has 0 aliphatic carbocycles. The second-order valence-electron chi connectivity index (χ2n) is 14.6. The van der Waals surface area contributed by atoms with Crippen molar-refractivity contribution >= 4 is 53.2 Å². The fraction of sp³-hybridized carbons (Fsp3) is 0.385. The van der Waals surface area contributed by atoms with Gasteiger partial charge in [-0.1, -0.05) is 18.2 Å². The molecule has 27 nitrogen and oxygen atoms in total. The van der Waals surface area contributed by atoms with Crippen molar-refractivity contribution in [1.82, 2.24) is 77.8 Å². The minimum atomic E-state index is -0.934. The number of nitrogens with one attached hydrogen (secondary N) is 12. The van der Waals surface area contributed by atoms with Crippen LogP contribution in [0.5, 0.6) is 0 Å². The minimum Gasteiger partial charge on any atom is -0.350 e. The molecule has 0 saturated carbocycles. The highest BCUT2D eigenvalue weighted by Gasteiger charge is 2.19. The van der Waals surface area contributed by atoms with E-state index in [1.54, 1.807) is 18.2 Å². The SMILES string of the molecule is N[C@@H](Cc1cnc[nH]1)C(=O)NCC(=O)NCC(=O)NCc1cc(CNC(=O)CNC(=O)CNC(=O)[C@@H](N)Cc2cnc[nH]2)cc(CNC(=O)CNC(=O)CNC(=O)[C@@H](N)Cc2cnc[nH]2)c1. The van der Waals surface area contributed by atoms with E-state index in [0.717, 1.165) is 0 Å². The average molecular weight is 919 g/mol. The third-order valence-corrected chi connectivity index (χ3v) is 9.18. The van der Waals surface area contributed by atoms with Gasteiger partial charge < -0.3 is 80.0 Å². The zero-order valence-corrected chi connectivity index (χ0v) is 35.7. The van der Waals surface area contributed by atoms with Gasteiger partial charge in [-0.05, 0) is 16.7 Å². The molecule has 4 aromatic rings. The summed E-state index contributed by atoms with van der Waals surface area (Å²) < 4.78 is 0. The number of imidazole rings is 3. The molecule has 0 radical (unpaired) electrons. The molecule has 0 aliphatic heterocycles. The van der Waals surface area contributed by atoms with E-state index in [4.69, 9.17) is 17.2 Å². The van der Waals surface area contributed by atoms with Crippen LogP contribution in [0.2, 0.25) is 0 Å². The lowest BCUT2D eigenvalue weighted by Crippen LogP contribution is -2.47. The molecule has 0 aliphatic rings. The lowest BCUT2D eigenvalue weighted by Gasteiger charge is -2.14. The molecule has 0 bridgehead atoms. The van der Waals surface area contributed by atoms with Crippen molar-refractivity contribution in [2.45, 2.75) is 57.0 Å². The van der Waals surface area contributed by atoms with Crippen molar-refractivity contribution < 1.29 is 43.2 Å². The van der Waals surface area contributed by atoms with E-state index in [2.05, 4.69) is 77.8 Å². The maximum atomic E-state index is 12.7. The first kappa shape index (κ1) is 50.6. The highest BCUT2D eigenvalue weighted by atomic mass is 16.2. The van der Waals surface area contributed by atoms with E-state index in [9.17, 15) is 43.2 Å². The molecule has 4 rings (SSSR count). The standard InChI is InChI=1S/C39H54N18O9/c40-28(4-25-10-43-19-55-25)37(64)52-16-34(61)49-13-31(58)46-7-22-1-23(8-47-32(59)14-50-35(62)17-53-38(65)29(41)5-26-11-44-20-56-26)3-24(2-22)9-48-33(60)15-51-36(63)18-54-39(66)30(42)6-27-12-45-21-57-27/h1-3,10-12,19-21,28-30H,4-9,13-18,40-42H2,(H,43,55)(H,44,56)(H,45,57)(H,46,58)(H,47,59)(H,48,60)(H,49,61)(H,50,62)(H,51,63)(H,52,64)(H,53,65)(H,54,66)/t28-,29-,30-/m0/s1. The van der Waals surface area contributed by atoms with E-state index >= 15 is 0 Å². The van der Waals surface area contributed by atoms with Crippen LogP contribution in [-0.4, -0.2) is 140 Å². The number of nitrogens with zero attached hydrogens (tertiary/aromatic N) is 3. The Balaban J connectivity index is 1.24. The molecule has 3 heterocycles. The molecule has 3 atom stereocenters. The van der Waals surface area contributed by atoms with Gasteiger partial charge in [0.25, 0.3) is 0 Å². The van der Waals surface area contributed by atoms with Crippen LogP contribution in [0.15, 0.2) is 55.8 Å². The zero-order chi connectivity index (χ0) is 47.8. The molecule has 0 unspecified atom stereocenters. The average Bonchev–Trinajstić information content (AvgIpc) is 4.13. The van der Waals surface area contributed by atoms with Crippen molar-refractivity contribution in [3.63, 3.8) is 0 Å². The summed E-state index contributed by atoms with van der Waals surface area (Å²) in [6.07, 6.45) is 9.43. The summed E-state index contributed by atoms with van der Waals surface area (Å²) in [5, 5.41) is 22.4. The van der Waals surface area contributed by atoms with Gasteiger partial charge in [0.2, 0.25) is 53.2 Å².